The van der Waals surface area contributed by atoms with Crippen LogP contribution in [0.1, 0.15) is 11.6 Å². The summed E-state index contributed by atoms with van der Waals surface area (Å²) in [5, 5.41) is 3.43. The van der Waals surface area contributed by atoms with Crippen molar-refractivity contribution in [2.75, 3.05) is 17.3 Å². The lowest BCUT2D eigenvalue weighted by molar-refractivity contribution is 0.682. The maximum atomic E-state index is 11.5. The van der Waals surface area contributed by atoms with Gasteiger partial charge in [-0.15, -0.1) is 0 Å². The first kappa shape index (κ1) is 12.8. The molecule has 2 atom stereocenters. The van der Waals surface area contributed by atoms with Gasteiger partial charge in [0.25, 0.3) is 0 Å². The molecule has 94 valence electrons. The largest absolute Gasteiger partial charge is 0.377 e. The Labute approximate surface area is 111 Å². The summed E-state index contributed by atoms with van der Waals surface area (Å²) in [4.78, 5) is 0. The van der Waals surface area contributed by atoms with Crippen LogP contribution < -0.4 is 5.32 Å². The third kappa shape index (κ3) is 3.70. The Hall–Kier alpha value is -1.61. The van der Waals surface area contributed by atoms with Crippen LogP contribution in [-0.2, 0) is 10.8 Å². The number of para-hydroxylation sites is 1. The molecule has 2 aromatic rings. The van der Waals surface area contributed by atoms with Gasteiger partial charge in [0.2, 0.25) is 0 Å². The van der Waals surface area contributed by atoms with Crippen LogP contribution in [0.4, 0.5) is 5.69 Å². The zero-order valence-corrected chi connectivity index (χ0v) is 11.2. The molecule has 0 fully saturated rings. The fourth-order valence-electron chi connectivity index (χ4n) is 1.88. The van der Waals surface area contributed by atoms with Crippen LogP contribution >= 0.6 is 0 Å². The van der Waals surface area contributed by atoms with E-state index >= 15 is 0 Å². The van der Waals surface area contributed by atoms with Crippen molar-refractivity contribution in [2.45, 2.75) is 6.04 Å². The molecule has 2 rings (SSSR count). The SMILES string of the molecule is C[S@@](=O)C[C@H](Nc1ccccc1)c1ccccc1. The topological polar surface area (TPSA) is 29.1 Å². The molecule has 0 radical (unpaired) electrons. The molecule has 0 saturated carbocycles. The average molecular weight is 259 g/mol. The Kier molecular flexibility index (Phi) is 4.53. The first-order valence-electron chi connectivity index (χ1n) is 5.92. The molecular weight excluding hydrogens is 242 g/mol. The van der Waals surface area contributed by atoms with Crippen molar-refractivity contribution < 1.29 is 4.21 Å². The van der Waals surface area contributed by atoms with Crippen LogP contribution in [0.2, 0.25) is 0 Å². The van der Waals surface area contributed by atoms with E-state index in [1.807, 2.05) is 48.5 Å². The maximum absolute atomic E-state index is 11.5. The van der Waals surface area contributed by atoms with Gasteiger partial charge in [-0.2, -0.15) is 0 Å². The summed E-state index contributed by atoms with van der Waals surface area (Å²) in [5.74, 6) is 0.610. The van der Waals surface area contributed by atoms with Crippen molar-refractivity contribution in [2.24, 2.45) is 0 Å². The highest BCUT2D eigenvalue weighted by molar-refractivity contribution is 7.84. The van der Waals surface area contributed by atoms with E-state index in [2.05, 4.69) is 17.4 Å². The number of hydrogen-bond acceptors (Lipinski definition) is 2. The molecule has 0 unspecified atom stereocenters. The van der Waals surface area contributed by atoms with Crippen LogP contribution in [0, 0.1) is 0 Å². The zero-order chi connectivity index (χ0) is 12.8. The van der Waals surface area contributed by atoms with E-state index in [1.165, 1.54) is 0 Å². The smallest absolute Gasteiger partial charge is 0.0629 e. The van der Waals surface area contributed by atoms with Crippen LogP contribution in [0.15, 0.2) is 60.7 Å². The standard InChI is InChI=1S/C15H17NOS/c1-18(17)12-15(13-8-4-2-5-9-13)16-14-10-6-3-7-11-14/h2-11,15-16H,12H2,1H3/t15-,18+/m0/s1. The minimum atomic E-state index is -0.832. The van der Waals surface area contributed by atoms with E-state index in [-0.39, 0.29) is 6.04 Å². The van der Waals surface area contributed by atoms with Gasteiger partial charge in [-0.05, 0) is 17.7 Å². The molecule has 3 heteroatoms. The molecule has 2 nitrogen and oxygen atoms in total. The van der Waals surface area contributed by atoms with E-state index in [4.69, 9.17) is 0 Å². The Morgan fingerprint density at radius 2 is 1.56 bits per heavy atom. The molecule has 0 aromatic heterocycles. The fraction of sp³-hybridized carbons (Fsp3) is 0.200. The first-order chi connectivity index (χ1) is 8.75. The summed E-state index contributed by atoms with van der Waals surface area (Å²) in [6.45, 7) is 0. The predicted octanol–water partition coefficient (Wildman–Crippen LogP) is 3.22. The summed E-state index contributed by atoms with van der Waals surface area (Å²) >= 11 is 0. The molecule has 18 heavy (non-hydrogen) atoms. The lowest BCUT2D eigenvalue weighted by Gasteiger charge is -2.19. The third-order valence-electron chi connectivity index (χ3n) is 2.72. The van der Waals surface area contributed by atoms with Gasteiger partial charge in [0.1, 0.15) is 0 Å². The minimum absolute atomic E-state index is 0.0828. The second-order valence-electron chi connectivity index (χ2n) is 4.21. The summed E-state index contributed by atoms with van der Waals surface area (Å²) in [7, 11) is -0.832. The van der Waals surface area contributed by atoms with Gasteiger partial charge >= 0.3 is 0 Å². The van der Waals surface area contributed by atoms with Gasteiger partial charge in [0.05, 0.1) is 6.04 Å². The van der Waals surface area contributed by atoms with Gasteiger partial charge in [0, 0.05) is 28.5 Å². The molecule has 0 saturated heterocycles. The molecule has 0 aliphatic heterocycles. The molecule has 0 bridgehead atoms. The summed E-state index contributed by atoms with van der Waals surface area (Å²) in [6.07, 6.45) is 1.74. The highest BCUT2D eigenvalue weighted by atomic mass is 32.2. The second-order valence-corrected chi connectivity index (χ2v) is 5.69. The third-order valence-corrected chi connectivity index (χ3v) is 3.52. The number of hydrogen-bond donors (Lipinski definition) is 1. The van der Waals surface area contributed by atoms with Gasteiger partial charge < -0.3 is 5.32 Å². The quantitative estimate of drug-likeness (QED) is 0.893. The predicted molar refractivity (Wildman–Crippen MR) is 78.2 cm³/mol. The van der Waals surface area contributed by atoms with Crippen LogP contribution in [0.25, 0.3) is 0 Å². The lowest BCUT2D eigenvalue weighted by atomic mass is 10.1. The summed E-state index contributed by atoms with van der Waals surface area (Å²) < 4.78 is 11.5. The van der Waals surface area contributed by atoms with Gasteiger partial charge in [-0.3, -0.25) is 4.21 Å². The number of benzene rings is 2. The molecule has 0 spiro atoms. The Morgan fingerprint density at radius 3 is 2.11 bits per heavy atom. The Morgan fingerprint density at radius 1 is 1.00 bits per heavy atom. The molecule has 0 aliphatic carbocycles. The Balaban J connectivity index is 2.18. The minimum Gasteiger partial charge on any atom is -0.377 e. The zero-order valence-electron chi connectivity index (χ0n) is 10.4. The van der Waals surface area contributed by atoms with Crippen molar-refractivity contribution in [3.05, 3.63) is 66.2 Å². The normalized spacial score (nSPS) is 13.8. The van der Waals surface area contributed by atoms with E-state index in [1.54, 1.807) is 6.26 Å². The van der Waals surface area contributed by atoms with Crippen molar-refractivity contribution in [3.63, 3.8) is 0 Å². The fourth-order valence-corrected chi connectivity index (χ4v) is 2.62. The van der Waals surface area contributed by atoms with E-state index in [0.717, 1.165) is 11.3 Å². The van der Waals surface area contributed by atoms with Crippen LogP contribution in [0.5, 0.6) is 0 Å². The Bertz CT molecular complexity index is 498. The maximum Gasteiger partial charge on any atom is 0.0629 e. The molecule has 2 aromatic carbocycles. The van der Waals surface area contributed by atoms with Crippen molar-refractivity contribution >= 4 is 16.5 Å². The number of anilines is 1. The van der Waals surface area contributed by atoms with Gasteiger partial charge in [-0.1, -0.05) is 48.5 Å². The lowest BCUT2D eigenvalue weighted by Crippen LogP contribution is -2.17. The van der Waals surface area contributed by atoms with Gasteiger partial charge in [0.15, 0.2) is 0 Å². The monoisotopic (exact) mass is 259 g/mol. The molecular formula is C15H17NOS. The first-order valence-corrected chi connectivity index (χ1v) is 7.65. The second kappa shape index (κ2) is 6.36. The van der Waals surface area contributed by atoms with Crippen molar-refractivity contribution in [1.82, 2.24) is 0 Å². The molecule has 1 N–H and O–H groups in total. The van der Waals surface area contributed by atoms with Crippen LogP contribution in [0.3, 0.4) is 0 Å². The van der Waals surface area contributed by atoms with Crippen molar-refractivity contribution in [3.8, 4) is 0 Å². The summed E-state index contributed by atoms with van der Waals surface area (Å²) in [5.41, 5.74) is 2.22. The van der Waals surface area contributed by atoms with Crippen LogP contribution in [-0.4, -0.2) is 16.2 Å². The van der Waals surface area contributed by atoms with Gasteiger partial charge in [-0.25, -0.2) is 0 Å². The number of rotatable bonds is 5. The molecule has 0 amide bonds. The molecule has 0 heterocycles. The average Bonchev–Trinajstić information content (AvgIpc) is 2.40. The van der Waals surface area contributed by atoms with E-state index < -0.39 is 10.8 Å². The number of nitrogens with one attached hydrogen (secondary N) is 1. The van der Waals surface area contributed by atoms with Crippen molar-refractivity contribution in [1.29, 1.82) is 0 Å². The summed E-state index contributed by atoms with van der Waals surface area (Å²) in [6, 6.07) is 20.2. The highest BCUT2D eigenvalue weighted by Gasteiger charge is 2.12. The van der Waals surface area contributed by atoms with E-state index in [0.29, 0.717) is 5.75 Å². The highest BCUT2D eigenvalue weighted by Crippen LogP contribution is 2.20. The molecule has 0 aliphatic rings. The van der Waals surface area contributed by atoms with E-state index in [9.17, 15) is 4.21 Å².